The SMILES string of the molecule is CC(O)C(NC(=O)C(Cc1ccc(O)cc1)NC(=O)C1CCCN1C(=O)C(N)CCC(N)=O)C(=O)O. The molecule has 0 spiro atoms. The van der Waals surface area contributed by atoms with Crippen LogP contribution in [-0.2, 0) is 30.4 Å². The van der Waals surface area contributed by atoms with Gasteiger partial charge >= 0.3 is 5.97 Å². The highest BCUT2D eigenvalue weighted by Gasteiger charge is 2.38. The Morgan fingerprint density at radius 3 is 2.33 bits per heavy atom. The highest BCUT2D eigenvalue weighted by molar-refractivity contribution is 5.94. The Bertz CT molecular complexity index is 968. The van der Waals surface area contributed by atoms with E-state index in [1.54, 1.807) is 0 Å². The number of benzene rings is 1. The van der Waals surface area contributed by atoms with E-state index in [1.165, 1.54) is 36.1 Å². The summed E-state index contributed by atoms with van der Waals surface area (Å²) in [6.45, 7) is 1.47. The number of hydrogen-bond donors (Lipinski definition) is 7. The quantitative estimate of drug-likeness (QED) is 0.165. The first-order chi connectivity index (χ1) is 16.9. The molecule has 0 saturated carbocycles. The van der Waals surface area contributed by atoms with Crippen molar-refractivity contribution in [2.45, 2.75) is 69.3 Å². The van der Waals surface area contributed by atoms with Gasteiger partial charge in [-0.3, -0.25) is 19.2 Å². The average molecular weight is 508 g/mol. The van der Waals surface area contributed by atoms with Crippen molar-refractivity contribution in [3.8, 4) is 5.75 Å². The number of nitrogens with one attached hydrogen (secondary N) is 2. The lowest BCUT2D eigenvalue weighted by Gasteiger charge is -2.29. The number of phenols is 1. The van der Waals surface area contributed by atoms with Crippen molar-refractivity contribution < 1.29 is 39.3 Å². The molecule has 1 aromatic rings. The first kappa shape index (κ1) is 28.5. The number of hydrogen-bond acceptors (Lipinski definition) is 8. The van der Waals surface area contributed by atoms with Crippen LogP contribution in [0, 0.1) is 0 Å². The van der Waals surface area contributed by atoms with Crippen molar-refractivity contribution in [1.82, 2.24) is 15.5 Å². The van der Waals surface area contributed by atoms with Crippen LogP contribution in [-0.4, -0.2) is 86.6 Å². The molecule has 1 aromatic carbocycles. The zero-order valence-corrected chi connectivity index (χ0v) is 19.9. The third-order valence-electron chi connectivity index (χ3n) is 5.91. The molecular weight excluding hydrogens is 474 g/mol. The number of nitrogens with two attached hydrogens (primary N) is 2. The van der Waals surface area contributed by atoms with E-state index in [0.717, 1.165) is 0 Å². The molecular formula is C23H33N5O8. The molecule has 0 bridgehead atoms. The molecule has 1 aliphatic rings. The molecule has 4 amide bonds. The molecule has 0 radical (unpaired) electrons. The van der Waals surface area contributed by atoms with Gasteiger partial charge in [-0.05, 0) is 43.9 Å². The Morgan fingerprint density at radius 2 is 1.78 bits per heavy atom. The van der Waals surface area contributed by atoms with Crippen LogP contribution in [0.15, 0.2) is 24.3 Å². The van der Waals surface area contributed by atoms with Crippen molar-refractivity contribution in [3.63, 3.8) is 0 Å². The number of aliphatic hydroxyl groups is 1. The summed E-state index contributed by atoms with van der Waals surface area (Å²) in [7, 11) is 0. The van der Waals surface area contributed by atoms with Gasteiger partial charge < -0.3 is 42.3 Å². The van der Waals surface area contributed by atoms with Gasteiger partial charge in [-0.15, -0.1) is 0 Å². The Morgan fingerprint density at radius 1 is 1.14 bits per heavy atom. The Kier molecular flexibility index (Phi) is 10.2. The summed E-state index contributed by atoms with van der Waals surface area (Å²) in [6, 6.07) is 1.07. The van der Waals surface area contributed by atoms with E-state index in [2.05, 4.69) is 10.6 Å². The van der Waals surface area contributed by atoms with Gasteiger partial charge in [0.25, 0.3) is 0 Å². The summed E-state index contributed by atoms with van der Waals surface area (Å²) in [5.41, 5.74) is 11.6. The summed E-state index contributed by atoms with van der Waals surface area (Å²) in [5.74, 6) is -4.06. The monoisotopic (exact) mass is 507 g/mol. The third kappa shape index (κ3) is 7.92. The second kappa shape index (κ2) is 12.8. The molecule has 1 aliphatic heterocycles. The van der Waals surface area contributed by atoms with Gasteiger partial charge in [0.2, 0.25) is 23.6 Å². The first-order valence-electron chi connectivity index (χ1n) is 11.5. The van der Waals surface area contributed by atoms with E-state index in [0.29, 0.717) is 18.4 Å². The lowest BCUT2D eigenvalue weighted by atomic mass is 10.0. The average Bonchev–Trinajstić information content (AvgIpc) is 3.30. The van der Waals surface area contributed by atoms with Crippen LogP contribution >= 0.6 is 0 Å². The molecule has 1 saturated heterocycles. The molecule has 5 atom stereocenters. The first-order valence-corrected chi connectivity index (χ1v) is 11.5. The molecule has 9 N–H and O–H groups in total. The molecule has 13 nitrogen and oxygen atoms in total. The fourth-order valence-electron chi connectivity index (χ4n) is 3.92. The van der Waals surface area contributed by atoms with E-state index in [1.807, 2.05) is 0 Å². The molecule has 36 heavy (non-hydrogen) atoms. The Balaban J connectivity index is 2.19. The van der Waals surface area contributed by atoms with Crippen LogP contribution in [0.1, 0.15) is 38.2 Å². The molecule has 5 unspecified atom stereocenters. The van der Waals surface area contributed by atoms with Crippen molar-refractivity contribution in [2.24, 2.45) is 11.5 Å². The minimum Gasteiger partial charge on any atom is -0.508 e. The number of aliphatic carboxylic acids is 1. The number of carboxylic acid groups (broad SMARTS) is 1. The van der Waals surface area contributed by atoms with Crippen LogP contribution in [0.5, 0.6) is 5.75 Å². The number of carboxylic acids is 1. The van der Waals surface area contributed by atoms with Crippen molar-refractivity contribution in [3.05, 3.63) is 29.8 Å². The van der Waals surface area contributed by atoms with Crippen LogP contribution in [0.4, 0.5) is 0 Å². The lowest BCUT2D eigenvalue weighted by molar-refractivity contribution is -0.145. The lowest BCUT2D eigenvalue weighted by Crippen LogP contribution is -2.58. The van der Waals surface area contributed by atoms with Crippen LogP contribution in [0.2, 0.25) is 0 Å². The number of carbonyl (C=O) groups is 5. The summed E-state index contributed by atoms with van der Waals surface area (Å²) >= 11 is 0. The molecule has 0 aliphatic carbocycles. The largest absolute Gasteiger partial charge is 0.508 e. The number of carbonyl (C=O) groups excluding carboxylic acids is 4. The van der Waals surface area contributed by atoms with Crippen molar-refractivity contribution >= 4 is 29.6 Å². The number of phenolic OH excluding ortho intramolecular Hbond substituents is 1. The number of aromatic hydroxyl groups is 1. The maximum atomic E-state index is 13.2. The highest BCUT2D eigenvalue weighted by Crippen LogP contribution is 2.20. The van der Waals surface area contributed by atoms with Gasteiger partial charge in [0.1, 0.15) is 17.8 Å². The second-order valence-electron chi connectivity index (χ2n) is 8.80. The van der Waals surface area contributed by atoms with Gasteiger partial charge in [-0.1, -0.05) is 12.1 Å². The summed E-state index contributed by atoms with van der Waals surface area (Å²) < 4.78 is 0. The van der Waals surface area contributed by atoms with Crippen LogP contribution in [0.25, 0.3) is 0 Å². The number of nitrogens with zero attached hydrogens (tertiary/aromatic N) is 1. The van der Waals surface area contributed by atoms with Gasteiger partial charge in [-0.25, -0.2) is 4.79 Å². The minimum atomic E-state index is -1.61. The number of aliphatic hydroxyl groups excluding tert-OH is 1. The predicted molar refractivity (Wildman–Crippen MR) is 126 cm³/mol. The molecule has 198 valence electrons. The van der Waals surface area contributed by atoms with Crippen LogP contribution < -0.4 is 22.1 Å². The van der Waals surface area contributed by atoms with E-state index in [4.69, 9.17) is 11.5 Å². The van der Waals surface area contributed by atoms with Gasteiger partial charge in [-0.2, -0.15) is 0 Å². The standard InChI is InChI=1S/C23H33N5O8/c1-12(29)19(23(35)36)27-20(32)16(11-13-4-6-14(30)7-5-13)26-21(33)17-3-2-10-28(17)22(34)15(24)8-9-18(25)31/h4-7,12,15-17,19,29-30H,2-3,8-11,24H2,1H3,(H2,25,31)(H,26,33)(H,27,32)(H,35,36). The van der Waals surface area contributed by atoms with Crippen LogP contribution in [0.3, 0.4) is 0 Å². The Labute approximate surface area is 207 Å². The van der Waals surface area contributed by atoms with Gasteiger partial charge in [0.05, 0.1) is 12.1 Å². The van der Waals surface area contributed by atoms with E-state index in [-0.39, 0.29) is 31.6 Å². The fraction of sp³-hybridized carbons (Fsp3) is 0.522. The molecule has 1 heterocycles. The number of likely N-dealkylation sites (tertiary alicyclic amines) is 1. The summed E-state index contributed by atoms with van der Waals surface area (Å²) in [5, 5.41) is 33.3. The number of amides is 4. The van der Waals surface area contributed by atoms with E-state index < -0.39 is 59.9 Å². The molecule has 1 fully saturated rings. The summed E-state index contributed by atoms with van der Waals surface area (Å²) in [6.07, 6.45) is -0.672. The minimum absolute atomic E-state index is 0.00313. The maximum absolute atomic E-state index is 13.2. The topological polar surface area (TPSA) is 225 Å². The maximum Gasteiger partial charge on any atom is 0.328 e. The predicted octanol–water partition coefficient (Wildman–Crippen LogP) is -2.05. The molecule has 0 aromatic heterocycles. The Hall–Kier alpha value is -3.71. The van der Waals surface area contributed by atoms with Gasteiger partial charge in [0, 0.05) is 19.4 Å². The summed E-state index contributed by atoms with van der Waals surface area (Å²) in [4.78, 5) is 62.6. The zero-order chi connectivity index (χ0) is 27.0. The van der Waals surface area contributed by atoms with Gasteiger partial charge in [0.15, 0.2) is 6.04 Å². The fourth-order valence-corrected chi connectivity index (χ4v) is 3.92. The molecule has 13 heteroatoms. The second-order valence-corrected chi connectivity index (χ2v) is 8.80. The number of rotatable bonds is 12. The number of primary amides is 1. The normalized spacial score (nSPS) is 18.5. The zero-order valence-electron chi connectivity index (χ0n) is 19.9. The highest BCUT2D eigenvalue weighted by atomic mass is 16.4. The van der Waals surface area contributed by atoms with E-state index in [9.17, 15) is 39.3 Å². The van der Waals surface area contributed by atoms with Crippen molar-refractivity contribution in [1.29, 1.82) is 0 Å². The molecule has 2 rings (SSSR count). The third-order valence-corrected chi connectivity index (χ3v) is 5.91. The van der Waals surface area contributed by atoms with Crippen molar-refractivity contribution in [2.75, 3.05) is 6.54 Å². The smallest absolute Gasteiger partial charge is 0.328 e. The van der Waals surface area contributed by atoms with E-state index >= 15 is 0 Å².